The number of carbonyl (C=O) groups is 2. The van der Waals surface area contributed by atoms with Crippen LogP contribution in [0.3, 0.4) is 0 Å². The molecule has 0 heterocycles. The molecule has 0 amide bonds. The molecule has 0 bridgehead atoms. The molecule has 4 aliphatic rings. The quantitative estimate of drug-likeness (QED) is 0.578. The van der Waals surface area contributed by atoms with Crippen LogP contribution in [0.1, 0.15) is 58.8 Å². The van der Waals surface area contributed by atoms with Gasteiger partial charge in [-0.2, -0.15) is 11.8 Å². The summed E-state index contributed by atoms with van der Waals surface area (Å²) in [6.45, 7) is 8.34. The zero-order chi connectivity index (χ0) is 22.6. The van der Waals surface area contributed by atoms with Gasteiger partial charge in [0.25, 0.3) is 0 Å². The Morgan fingerprint density at radius 1 is 1.32 bits per heavy atom. The highest BCUT2D eigenvalue weighted by Crippen LogP contribution is 2.68. The number of Topliss-reactive ketones (excluding diaryl/α,β-unsaturated/α-hetero) is 1. The minimum Gasteiger partial charge on any atom is -0.393 e. The van der Waals surface area contributed by atoms with Gasteiger partial charge in [0.1, 0.15) is 12.1 Å². The van der Waals surface area contributed by atoms with Crippen LogP contribution in [0.5, 0.6) is 0 Å². The van der Waals surface area contributed by atoms with Crippen LogP contribution in [0, 0.1) is 34.5 Å². The fourth-order valence-electron chi connectivity index (χ4n) is 7.82. The fourth-order valence-corrected chi connectivity index (χ4v) is 9.68. The van der Waals surface area contributed by atoms with Gasteiger partial charge in [0.2, 0.25) is 0 Å². The maximum atomic E-state index is 12.6. The van der Waals surface area contributed by atoms with Gasteiger partial charge in [-0.05, 0) is 67.1 Å². The summed E-state index contributed by atoms with van der Waals surface area (Å²) in [7, 11) is 2.28. The second-order valence-electron chi connectivity index (χ2n) is 10.8. The van der Waals surface area contributed by atoms with Crippen LogP contribution in [-0.4, -0.2) is 45.2 Å². The fraction of sp³-hybridized carbons (Fsp3) is 0.760. The predicted octanol–water partition coefficient (Wildman–Crippen LogP) is 4.16. The summed E-state index contributed by atoms with van der Waals surface area (Å²) >= 11 is 1.88. The molecular formula is C25H37O4PS. The van der Waals surface area contributed by atoms with Gasteiger partial charge in [-0.3, -0.25) is 9.59 Å². The second kappa shape index (κ2) is 8.70. The summed E-state index contributed by atoms with van der Waals surface area (Å²) in [5, 5.41) is 21.5. The summed E-state index contributed by atoms with van der Waals surface area (Å²) < 4.78 is 0. The molecule has 0 radical (unpaired) electrons. The number of carbonyl (C=O) groups excluding carboxylic acids is 2. The molecule has 4 aliphatic carbocycles. The lowest BCUT2D eigenvalue weighted by Gasteiger charge is -2.62. The number of ketones is 1. The van der Waals surface area contributed by atoms with E-state index in [4.69, 9.17) is 0 Å². The highest BCUT2D eigenvalue weighted by atomic mass is 32.2. The van der Waals surface area contributed by atoms with Crippen LogP contribution in [0.4, 0.5) is 0 Å². The van der Waals surface area contributed by atoms with Crippen LogP contribution < -0.4 is 0 Å². The third-order valence-corrected chi connectivity index (χ3v) is 10.9. The molecule has 4 rings (SSSR count). The van der Waals surface area contributed by atoms with Crippen LogP contribution >= 0.6 is 21.0 Å². The zero-order valence-corrected chi connectivity index (χ0v) is 20.8. The topological polar surface area (TPSA) is 74.6 Å². The van der Waals surface area contributed by atoms with Crippen molar-refractivity contribution >= 4 is 32.3 Å². The maximum Gasteiger partial charge on any atom is 0.161 e. The molecule has 3 saturated carbocycles. The Hall–Kier alpha value is -0.480. The number of thioether (sulfide) groups is 1. The lowest BCUT2D eigenvalue weighted by Crippen LogP contribution is -2.60. The highest BCUT2D eigenvalue weighted by molar-refractivity contribution is 7.99. The molecule has 0 aliphatic heterocycles. The van der Waals surface area contributed by atoms with Crippen molar-refractivity contribution in [1.82, 2.24) is 0 Å². The van der Waals surface area contributed by atoms with E-state index in [1.54, 1.807) is 0 Å². The molecule has 0 spiro atoms. The van der Waals surface area contributed by atoms with E-state index in [1.165, 1.54) is 11.1 Å². The smallest absolute Gasteiger partial charge is 0.161 e. The Kier molecular flexibility index (Phi) is 6.65. The Balaban J connectivity index is 1.73. The first-order valence-electron chi connectivity index (χ1n) is 11.7. The van der Waals surface area contributed by atoms with Gasteiger partial charge < -0.3 is 10.2 Å². The van der Waals surface area contributed by atoms with E-state index in [0.29, 0.717) is 29.9 Å². The lowest BCUT2D eigenvalue weighted by molar-refractivity contribution is -0.144. The summed E-state index contributed by atoms with van der Waals surface area (Å²) in [4.78, 5) is 24.2. The highest BCUT2D eigenvalue weighted by Gasteiger charge is 2.64. The average Bonchev–Trinajstić information content (AvgIpc) is 3.04. The summed E-state index contributed by atoms with van der Waals surface area (Å²) in [6, 6.07) is 0. The zero-order valence-electron chi connectivity index (χ0n) is 18.8. The summed E-state index contributed by atoms with van der Waals surface area (Å²) in [5.74, 6) is 1.43. The third-order valence-electron chi connectivity index (χ3n) is 9.24. The van der Waals surface area contributed by atoms with Gasteiger partial charge in [-0.1, -0.05) is 46.9 Å². The number of rotatable bonds is 6. The maximum absolute atomic E-state index is 12.6. The Labute approximate surface area is 192 Å². The van der Waals surface area contributed by atoms with Crippen LogP contribution in [0.25, 0.3) is 0 Å². The normalized spacial score (nSPS) is 44.2. The van der Waals surface area contributed by atoms with E-state index in [0.717, 1.165) is 37.9 Å². The summed E-state index contributed by atoms with van der Waals surface area (Å²) in [6.07, 6.45) is 7.79. The van der Waals surface area contributed by atoms with Crippen LogP contribution in [-0.2, 0) is 9.59 Å². The van der Waals surface area contributed by atoms with Crippen molar-refractivity contribution in [1.29, 1.82) is 0 Å². The standard InChI is InChI=1S/C25H37O4PS/c1-14-6-8-24(2)15(10-14)11-20(31-9-7-21(29)30)22-17-5-4-16(19(28)13-26)25(17,3)12-18(27)23(22)24/h10,16-18,20,22-23,26-27H,1,4-9,11-13,30H2,2-3H3. The van der Waals surface area contributed by atoms with Crippen molar-refractivity contribution in [2.75, 3.05) is 12.4 Å². The van der Waals surface area contributed by atoms with Crippen LogP contribution in [0.2, 0.25) is 0 Å². The first-order chi connectivity index (χ1) is 14.6. The molecule has 9 unspecified atom stereocenters. The van der Waals surface area contributed by atoms with E-state index in [1.807, 2.05) is 11.8 Å². The average molecular weight is 465 g/mol. The van der Waals surface area contributed by atoms with Gasteiger partial charge in [0.15, 0.2) is 5.78 Å². The van der Waals surface area contributed by atoms with E-state index < -0.39 is 12.7 Å². The number of hydrogen-bond acceptors (Lipinski definition) is 5. The lowest BCUT2D eigenvalue weighted by atomic mass is 9.45. The van der Waals surface area contributed by atoms with Crippen molar-refractivity contribution in [3.05, 3.63) is 23.8 Å². The molecule has 0 saturated heterocycles. The number of fused-ring (bicyclic) bond motifs is 5. The van der Waals surface area contributed by atoms with Crippen molar-refractivity contribution in [2.24, 2.45) is 34.5 Å². The van der Waals surface area contributed by atoms with Crippen molar-refractivity contribution in [3.63, 3.8) is 0 Å². The Morgan fingerprint density at radius 2 is 2.06 bits per heavy atom. The van der Waals surface area contributed by atoms with E-state index >= 15 is 0 Å². The van der Waals surface area contributed by atoms with Gasteiger partial charge in [0.05, 0.1) is 6.10 Å². The number of aliphatic hydroxyl groups excluding tert-OH is 2. The van der Waals surface area contributed by atoms with Crippen molar-refractivity contribution in [3.8, 4) is 0 Å². The van der Waals surface area contributed by atoms with Gasteiger partial charge in [-0.15, -0.1) is 0 Å². The first-order valence-corrected chi connectivity index (χ1v) is 13.3. The Morgan fingerprint density at radius 3 is 2.74 bits per heavy atom. The molecule has 0 aromatic heterocycles. The van der Waals surface area contributed by atoms with E-state index in [2.05, 4.69) is 35.7 Å². The van der Waals surface area contributed by atoms with Gasteiger partial charge in [0, 0.05) is 23.3 Å². The predicted molar refractivity (Wildman–Crippen MR) is 129 cm³/mol. The Bertz CT molecular complexity index is 809. The first kappa shape index (κ1) is 23.7. The molecule has 0 aromatic carbocycles. The largest absolute Gasteiger partial charge is 0.393 e. The number of allylic oxidation sites excluding steroid dienone is 3. The minimum atomic E-state index is -0.454. The molecular weight excluding hydrogens is 427 g/mol. The summed E-state index contributed by atoms with van der Waals surface area (Å²) in [5.41, 5.74) is 2.45. The second-order valence-corrected chi connectivity index (χ2v) is 12.8. The monoisotopic (exact) mass is 464 g/mol. The van der Waals surface area contributed by atoms with Crippen molar-refractivity contribution in [2.45, 2.75) is 70.1 Å². The molecule has 4 nitrogen and oxygen atoms in total. The molecule has 0 aromatic rings. The molecule has 31 heavy (non-hydrogen) atoms. The minimum absolute atomic E-state index is 0.0286. The number of aliphatic hydroxyl groups is 2. The molecule has 3 fully saturated rings. The molecule has 9 atom stereocenters. The van der Waals surface area contributed by atoms with E-state index in [-0.39, 0.29) is 34.0 Å². The van der Waals surface area contributed by atoms with E-state index in [9.17, 15) is 19.8 Å². The van der Waals surface area contributed by atoms with Gasteiger partial charge in [-0.25, -0.2) is 0 Å². The molecule has 6 heteroatoms. The molecule has 2 N–H and O–H groups in total. The number of hydrogen-bond donors (Lipinski definition) is 2. The molecule has 172 valence electrons. The third kappa shape index (κ3) is 3.92. The van der Waals surface area contributed by atoms with Crippen LogP contribution in [0.15, 0.2) is 23.8 Å². The SMILES string of the molecule is C=C1C=C2CC(SCCC(=O)P)C3C(C(O)CC4(C)C(C(=O)CO)CCC34)C2(C)CC1. The van der Waals surface area contributed by atoms with Crippen molar-refractivity contribution < 1.29 is 19.8 Å². The van der Waals surface area contributed by atoms with Gasteiger partial charge >= 0.3 is 0 Å².